The van der Waals surface area contributed by atoms with Crippen molar-refractivity contribution in [2.24, 2.45) is 0 Å². The molecule has 30 heavy (non-hydrogen) atoms. The van der Waals surface area contributed by atoms with Gasteiger partial charge in [-0.15, -0.1) is 0 Å². The fourth-order valence-electron chi connectivity index (χ4n) is 4.30. The summed E-state index contributed by atoms with van der Waals surface area (Å²) < 4.78 is 47.7. The number of H-pyrrole nitrogens is 1. The van der Waals surface area contributed by atoms with Crippen LogP contribution in [0.5, 0.6) is 5.75 Å². The lowest BCUT2D eigenvalue weighted by molar-refractivity contribution is -0.276. The number of nitriles is 1. The third-order valence-electron chi connectivity index (χ3n) is 5.81. The molecular formula is C23H21F3N2O2. The Kier molecular flexibility index (Phi) is 4.41. The van der Waals surface area contributed by atoms with Crippen molar-refractivity contribution in [3.05, 3.63) is 64.3 Å². The fourth-order valence-corrected chi connectivity index (χ4v) is 4.30. The van der Waals surface area contributed by atoms with Gasteiger partial charge >= 0.3 is 6.18 Å². The lowest BCUT2D eigenvalue weighted by Gasteiger charge is -2.46. The first-order valence-corrected chi connectivity index (χ1v) is 9.56. The highest BCUT2D eigenvalue weighted by atomic mass is 19.4. The predicted molar refractivity (Wildman–Crippen MR) is 106 cm³/mol. The van der Waals surface area contributed by atoms with Gasteiger partial charge in [0, 0.05) is 35.0 Å². The van der Waals surface area contributed by atoms with Gasteiger partial charge in [0.05, 0.1) is 11.6 Å². The van der Waals surface area contributed by atoms with Crippen LogP contribution >= 0.6 is 0 Å². The van der Waals surface area contributed by atoms with E-state index in [1.54, 1.807) is 44.2 Å². The molecule has 0 bridgehead atoms. The zero-order valence-electron chi connectivity index (χ0n) is 16.8. The van der Waals surface area contributed by atoms with Crippen LogP contribution in [0.25, 0.3) is 10.9 Å². The zero-order chi connectivity index (χ0) is 21.9. The van der Waals surface area contributed by atoms with Gasteiger partial charge < -0.3 is 14.8 Å². The molecule has 0 radical (unpaired) electrons. The largest absolute Gasteiger partial charge is 0.482 e. The molecule has 4 rings (SSSR count). The Hall–Kier alpha value is -2.98. The Morgan fingerprint density at radius 3 is 2.57 bits per heavy atom. The second-order valence-corrected chi connectivity index (χ2v) is 8.38. The van der Waals surface area contributed by atoms with Crippen LogP contribution in [0.4, 0.5) is 13.2 Å². The van der Waals surface area contributed by atoms with Crippen LogP contribution < -0.4 is 4.74 Å². The van der Waals surface area contributed by atoms with Crippen LogP contribution in [0.3, 0.4) is 0 Å². The number of benzene rings is 2. The van der Waals surface area contributed by atoms with E-state index in [9.17, 15) is 18.3 Å². The van der Waals surface area contributed by atoms with Crippen molar-refractivity contribution in [3.63, 3.8) is 0 Å². The van der Waals surface area contributed by atoms with E-state index < -0.39 is 30.2 Å². The number of aromatic amines is 1. The first-order valence-electron chi connectivity index (χ1n) is 9.56. The molecule has 0 fully saturated rings. The molecule has 0 saturated heterocycles. The number of rotatable bonds is 4. The Morgan fingerprint density at radius 2 is 1.90 bits per heavy atom. The summed E-state index contributed by atoms with van der Waals surface area (Å²) in [5.41, 5.74) is -0.636. The molecule has 2 atom stereocenters. The first kappa shape index (κ1) is 20.3. The summed E-state index contributed by atoms with van der Waals surface area (Å²) in [5.74, 6) is 0.540. The fraction of sp³-hybridized carbons (Fsp3) is 0.348. The van der Waals surface area contributed by atoms with Crippen LogP contribution in [0, 0.1) is 25.2 Å². The van der Waals surface area contributed by atoms with Crippen molar-refractivity contribution >= 4 is 10.9 Å². The second-order valence-electron chi connectivity index (χ2n) is 8.38. The van der Waals surface area contributed by atoms with E-state index in [-0.39, 0.29) is 5.69 Å². The number of hydrogen-bond acceptors (Lipinski definition) is 3. The molecule has 156 valence electrons. The van der Waals surface area contributed by atoms with Gasteiger partial charge in [0.2, 0.25) is 0 Å². The predicted octanol–water partition coefficient (Wildman–Crippen LogP) is 5.19. The molecule has 2 aromatic carbocycles. The van der Waals surface area contributed by atoms with Crippen LogP contribution in [0.1, 0.15) is 41.3 Å². The molecular weight excluding hydrogens is 393 g/mol. The topological polar surface area (TPSA) is 69.0 Å². The van der Waals surface area contributed by atoms with E-state index >= 15 is 0 Å². The maximum atomic E-state index is 14.0. The lowest BCUT2D eigenvalue weighted by Crippen LogP contribution is -2.54. The number of ether oxygens (including phenoxy) is 1. The minimum Gasteiger partial charge on any atom is -0.482 e. The van der Waals surface area contributed by atoms with Crippen molar-refractivity contribution in [1.82, 2.24) is 4.98 Å². The van der Waals surface area contributed by atoms with Gasteiger partial charge in [0.15, 0.2) is 5.60 Å². The minimum absolute atomic E-state index is 0.246. The van der Waals surface area contributed by atoms with Crippen LogP contribution in [-0.2, 0) is 12.0 Å². The number of hydrogen-bond donors (Lipinski definition) is 2. The maximum absolute atomic E-state index is 14.0. The molecule has 1 aliphatic heterocycles. The Bertz CT molecular complexity index is 1190. The Labute approximate surface area is 171 Å². The first-order chi connectivity index (χ1) is 13.9. The van der Waals surface area contributed by atoms with Gasteiger partial charge in [-0.3, -0.25) is 0 Å². The van der Waals surface area contributed by atoms with Crippen molar-refractivity contribution in [2.45, 2.75) is 51.0 Å². The average molecular weight is 414 g/mol. The van der Waals surface area contributed by atoms with E-state index in [0.717, 1.165) is 16.5 Å². The van der Waals surface area contributed by atoms with E-state index in [1.807, 2.05) is 19.1 Å². The summed E-state index contributed by atoms with van der Waals surface area (Å²) in [7, 11) is 0. The quantitative estimate of drug-likeness (QED) is 0.617. The molecule has 2 heterocycles. The maximum Gasteiger partial charge on any atom is 0.417 e. The Morgan fingerprint density at radius 1 is 1.17 bits per heavy atom. The van der Waals surface area contributed by atoms with E-state index in [1.165, 1.54) is 0 Å². The number of halogens is 3. The SMILES string of the molecule is Cc1ccc2c(c1)C(C)(CC(O)(Cc1cc3c(C)cc(C#N)cc3[nH]1)C(F)(F)F)O2. The summed E-state index contributed by atoms with van der Waals surface area (Å²) in [6.45, 7) is 5.22. The molecule has 1 aliphatic rings. The summed E-state index contributed by atoms with van der Waals surface area (Å²) in [6.07, 6.45) is -6.13. The van der Waals surface area contributed by atoms with Crippen molar-refractivity contribution in [2.75, 3.05) is 0 Å². The summed E-state index contributed by atoms with van der Waals surface area (Å²) >= 11 is 0. The lowest BCUT2D eigenvalue weighted by atomic mass is 9.77. The number of nitrogens with one attached hydrogen (secondary N) is 1. The van der Waals surface area contributed by atoms with Gasteiger partial charge in [0.1, 0.15) is 11.4 Å². The molecule has 2 N–H and O–H groups in total. The van der Waals surface area contributed by atoms with Crippen LogP contribution in [-0.4, -0.2) is 21.9 Å². The molecule has 0 saturated carbocycles. The number of aryl methyl sites for hydroxylation is 2. The van der Waals surface area contributed by atoms with Crippen molar-refractivity contribution in [1.29, 1.82) is 5.26 Å². The normalized spacial score (nSPS) is 20.1. The van der Waals surface area contributed by atoms with E-state index in [2.05, 4.69) is 4.98 Å². The standard InChI is InChI=1S/C23H21F3N2O2/c1-13-4-5-20-18(6-13)21(3,30-20)12-22(29,23(24,25)26)10-16-9-17-14(2)7-15(11-27)8-19(17)28-16/h4-9,28-29H,10,12H2,1-3H3. The minimum atomic E-state index is -4.86. The summed E-state index contributed by atoms with van der Waals surface area (Å²) in [4.78, 5) is 2.94. The smallest absolute Gasteiger partial charge is 0.417 e. The molecule has 2 unspecified atom stereocenters. The summed E-state index contributed by atoms with van der Waals surface area (Å²) in [6, 6.07) is 12.3. The van der Waals surface area contributed by atoms with Gasteiger partial charge in [-0.25, -0.2) is 0 Å². The second kappa shape index (κ2) is 6.51. The van der Waals surface area contributed by atoms with Crippen molar-refractivity contribution < 1.29 is 23.0 Å². The monoisotopic (exact) mass is 414 g/mol. The third-order valence-corrected chi connectivity index (χ3v) is 5.81. The highest BCUT2D eigenvalue weighted by Crippen LogP contribution is 2.51. The van der Waals surface area contributed by atoms with Gasteiger partial charge in [-0.05, 0) is 56.7 Å². The van der Waals surface area contributed by atoms with Crippen LogP contribution in [0.15, 0.2) is 36.4 Å². The van der Waals surface area contributed by atoms with Gasteiger partial charge in [-0.2, -0.15) is 18.4 Å². The average Bonchev–Trinajstić information content (AvgIpc) is 3.04. The third kappa shape index (κ3) is 3.21. The number of fused-ring (bicyclic) bond motifs is 2. The number of nitrogens with zero attached hydrogens (tertiary/aromatic N) is 1. The number of alkyl halides is 3. The number of aliphatic hydroxyl groups is 1. The molecule has 0 aliphatic carbocycles. The molecule has 0 spiro atoms. The van der Waals surface area contributed by atoms with Crippen molar-refractivity contribution in [3.8, 4) is 11.8 Å². The van der Waals surface area contributed by atoms with E-state index in [4.69, 9.17) is 10.00 Å². The van der Waals surface area contributed by atoms with Gasteiger partial charge in [0.25, 0.3) is 0 Å². The van der Waals surface area contributed by atoms with E-state index in [0.29, 0.717) is 22.4 Å². The van der Waals surface area contributed by atoms with Crippen LogP contribution in [0.2, 0.25) is 0 Å². The zero-order valence-corrected chi connectivity index (χ0v) is 16.8. The number of aromatic nitrogens is 1. The van der Waals surface area contributed by atoms with Gasteiger partial charge in [-0.1, -0.05) is 11.6 Å². The Balaban J connectivity index is 1.69. The molecule has 7 heteroatoms. The molecule has 4 nitrogen and oxygen atoms in total. The molecule has 3 aromatic rings. The summed E-state index contributed by atoms with van der Waals surface area (Å²) in [5, 5.41) is 20.7. The molecule has 1 aromatic heterocycles. The highest BCUT2D eigenvalue weighted by Gasteiger charge is 2.59. The highest BCUT2D eigenvalue weighted by molar-refractivity contribution is 5.85. The molecule has 0 amide bonds.